The third-order valence-corrected chi connectivity index (χ3v) is 4.97. The van der Waals surface area contributed by atoms with Gasteiger partial charge in [0.15, 0.2) is 0 Å². The van der Waals surface area contributed by atoms with Crippen LogP contribution in [0.1, 0.15) is 33.5 Å². The van der Waals surface area contributed by atoms with E-state index in [-0.39, 0.29) is 5.91 Å². The van der Waals surface area contributed by atoms with Crippen molar-refractivity contribution in [2.45, 2.75) is 31.7 Å². The van der Waals surface area contributed by atoms with E-state index >= 15 is 0 Å². The molecule has 0 unspecified atom stereocenters. The standard InChI is InChI=1S/C17H18N2OS/c1-2-16(20)18-11-17-19-14-9-8-13(10-15(14)21-17)12-6-4-3-5-7-12/h2-7,13H,1,8-11H2,(H,18,20)/t13-/m1/s1. The van der Waals surface area contributed by atoms with Gasteiger partial charge in [0.05, 0.1) is 12.2 Å². The predicted octanol–water partition coefficient (Wildman–Crippen LogP) is 3.22. The van der Waals surface area contributed by atoms with Gasteiger partial charge >= 0.3 is 0 Å². The van der Waals surface area contributed by atoms with E-state index in [2.05, 4.69) is 47.2 Å². The Labute approximate surface area is 128 Å². The number of hydrogen-bond donors (Lipinski definition) is 1. The number of fused-ring (bicyclic) bond motifs is 1. The zero-order valence-electron chi connectivity index (χ0n) is 11.8. The summed E-state index contributed by atoms with van der Waals surface area (Å²) in [6, 6.07) is 10.7. The third kappa shape index (κ3) is 3.22. The molecule has 0 saturated carbocycles. The number of aromatic nitrogens is 1. The van der Waals surface area contributed by atoms with Gasteiger partial charge in [0, 0.05) is 4.88 Å². The van der Waals surface area contributed by atoms with Gasteiger partial charge in [-0.3, -0.25) is 4.79 Å². The summed E-state index contributed by atoms with van der Waals surface area (Å²) in [6.07, 6.45) is 4.53. The Morgan fingerprint density at radius 3 is 3.00 bits per heavy atom. The Morgan fingerprint density at radius 1 is 1.43 bits per heavy atom. The van der Waals surface area contributed by atoms with Gasteiger partial charge in [-0.25, -0.2) is 4.98 Å². The number of thiazole rings is 1. The van der Waals surface area contributed by atoms with E-state index in [4.69, 9.17) is 0 Å². The highest BCUT2D eigenvalue weighted by molar-refractivity contribution is 7.11. The summed E-state index contributed by atoms with van der Waals surface area (Å²) in [7, 11) is 0. The Bertz CT molecular complexity index is 648. The van der Waals surface area contributed by atoms with E-state index in [1.54, 1.807) is 11.3 Å². The molecular formula is C17H18N2OS. The lowest BCUT2D eigenvalue weighted by atomic mass is 9.85. The number of carbonyl (C=O) groups excluding carboxylic acids is 1. The first-order valence-electron chi connectivity index (χ1n) is 7.19. The predicted molar refractivity (Wildman–Crippen MR) is 85.4 cm³/mol. The number of amides is 1. The van der Waals surface area contributed by atoms with Crippen molar-refractivity contribution < 1.29 is 4.79 Å². The van der Waals surface area contributed by atoms with Gasteiger partial charge in [-0.05, 0) is 36.8 Å². The van der Waals surface area contributed by atoms with E-state index in [0.29, 0.717) is 12.5 Å². The molecule has 0 radical (unpaired) electrons. The second-order valence-corrected chi connectivity index (χ2v) is 6.42. The van der Waals surface area contributed by atoms with Crippen molar-refractivity contribution in [3.05, 3.63) is 64.1 Å². The highest BCUT2D eigenvalue weighted by Crippen LogP contribution is 2.35. The van der Waals surface area contributed by atoms with Crippen molar-refractivity contribution >= 4 is 17.2 Å². The first kappa shape index (κ1) is 14.0. The molecule has 21 heavy (non-hydrogen) atoms. The maximum Gasteiger partial charge on any atom is 0.243 e. The van der Waals surface area contributed by atoms with Crippen LogP contribution in [0, 0.1) is 0 Å². The summed E-state index contributed by atoms with van der Waals surface area (Å²) in [6.45, 7) is 3.95. The van der Waals surface area contributed by atoms with Crippen LogP contribution in [-0.2, 0) is 24.2 Å². The average Bonchev–Trinajstić information content (AvgIpc) is 2.95. The van der Waals surface area contributed by atoms with Crippen LogP contribution in [-0.4, -0.2) is 10.9 Å². The Hall–Kier alpha value is -1.94. The lowest BCUT2D eigenvalue weighted by Crippen LogP contribution is -2.19. The highest BCUT2D eigenvalue weighted by atomic mass is 32.1. The lowest BCUT2D eigenvalue weighted by molar-refractivity contribution is -0.116. The van der Waals surface area contributed by atoms with Crippen LogP contribution >= 0.6 is 11.3 Å². The quantitative estimate of drug-likeness (QED) is 0.881. The van der Waals surface area contributed by atoms with E-state index in [1.165, 1.54) is 22.2 Å². The summed E-state index contributed by atoms with van der Waals surface area (Å²) in [4.78, 5) is 17.2. The number of aryl methyl sites for hydroxylation is 1. The fraction of sp³-hybridized carbons (Fsp3) is 0.294. The first-order chi connectivity index (χ1) is 10.3. The molecule has 0 saturated heterocycles. The Kier molecular flexibility index (Phi) is 4.15. The topological polar surface area (TPSA) is 42.0 Å². The van der Waals surface area contributed by atoms with Crippen LogP contribution < -0.4 is 5.32 Å². The van der Waals surface area contributed by atoms with Gasteiger partial charge in [0.2, 0.25) is 5.91 Å². The van der Waals surface area contributed by atoms with Crippen LogP contribution in [0.15, 0.2) is 43.0 Å². The van der Waals surface area contributed by atoms with Crippen LogP contribution in [0.4, 0.5) is 0 Å². The largest absolute Gasteiger partial charge is 0.346 e. The van der Waals surface area contributed by atoms with Crippen LogP contribution in [0.3, 0.4) is 0 Å². The van der Waals surface area contributed by atoms with Crippen LogP contribution in [0.5, 0.6) is 0 Å². The van der Waals surface area contributed by atoms with Gasteiger partial charge in [-0.2, -0.15) is 0 Å². The molecule has 1 aliphatic rings. The summed E-state index contributed by atoms with van der Waals surface area (Å²) >= 11 is 1.73. The molecule has 0 aliphatic heterocycles. The summed E-state index contributed by atoms with van der Waals surface area (Å²) in [5.74, 6) is 0.445. The van der Waals surface area contributed by atoms with Crippen molar-refractivity contribution in [3.8, 4) is 0 Å². The molecule has 3 nitrogen and oxygen atoms in total. The molecule has 1 amide bonds. The fourth-order valence-electron chi connectivity index (χ4n) is 2.75. The van der Waals surface area contributed by atoms with Gasteiger partial charge in [0.25, 0.3) is 0 Å². The average molecular weight is 298 g/mol. The van der Waals surface area contributed by atoms with Gasteiger partial charge in [0.1, 0.15) is 5.01 Å². The smallest absolute Gasteiger partial charge is 0.243 e. The van der Waals surface area contributed by atoms with Crippen LogP contribution in [0.2, 0.25) is 0 Å². The van der Waals surface area contributed by atoms with E-state index in [1.807, 2.05) is 0 Å². The molecule has 1 N–H and O–H groups in total. The Morgan fingerprint density at radius 2 is 2.24 bits per heavy atom. The first-order valence-corrected chi connectivity index (χ1v) is 8.00. The molecule has 0 bridgehead atoms. The molecule has 0 spiro atoms. The molecule has 2 aromatic rings. The number of rotatable bonds is 4. The maximum atomic E-state index is 11.2. The number of nitrogens with one attached hydrogen (secondary N) is 1. The van der Waals surface area contributed by atoms with Gasteiger partial charge in [-0.15, -0.1) is 11.3 Å². The molecule has 0 fully saturated rings. The van der Waals surface area contributed by atoms with Crippen molar-refractivity contribution in [2.24, 2.45) is 0 Å². The molecule has 1 heterocycles. The zero-order chi connectivity index (χ0) is 14.7. The molecular weight excluding hydrogens is 280 g/mol. The van der Waals surface area contributed by atoms with Crippen molar-refractivity contribution in [1.82, 2.24) is 10.3 Å². The fourth-order valence-corrected chi connectivity index (χ4v) is 3.88. The summed E-state index contributed by atoms with van der Waals surface area (Å²) in [5.41, 5.74) is 2.63. The minimum absolute atomic E-state index is 0.148. The minimum Gasteiger partial charge on any atom is -0.346 e. The molecule has 3 rings (SSSR count). The third-order valence-electron chi connectivity index (χ3n) is 3.85. The molecule has 1 atom stereocenters. The van der Waals surface area contributed by atoms with Crippen LogP contribution in [0.25, 0.3) is 0 Å². The van der Waals surface area contributed by atoms with E-state index in [9.17, 15) is 4.79 Å². The SMILES string of the molecule is C=CC(=O)NCc1nc2c(s1)C[C@H](c1ccccc1)CC2. The van der Waals surface area contributed by atoms with E-state index < -0.39 is 0 Å². The number of hydrogen-bond acceptors (Lipinski definition) is 3. The lowest BCUT2D eigenvalue weighted by Gasteiger charge is -2.21. The van der Waals surface area contributed by atoms with Crippen molar-refractivity contribution in [2.75, 3.05) is 0 Å². The number of carbonyl (C=O) groups is 1. The van der Waals surface area contributed by atoms with Crippen molar-refractivity contribution in [1.29, 1.82) is 0 Å². The van der Waals surface area contributed by atoms with Crippen molar-refractivity contribution in [3.63, 3.8) is 0 Å². The summed E-state index contributed by atoms with van der Waals surface area (Å²) < 4.78 is 0. The molecule has 4 heteroatoms. The molecule has 1 aromatic carbocycles. The van der Waals surface area contributed by atoms with E-state index in [0.717, 1.165) is 24.3 Å². The molecule has 108 valence electrons. The normalized spacial score (nSPS) is 17.0. The maximum absolute atomic E-state index is 11.2. The monoisotopic (exact) mass is 298 g/mol. The second kappa shape index (κ2) is 6.22. The Balaban J connectivity index is 1.70. The molecule has 1 aromatic heterocycles. The van der Waals surface area contributed by atoms with Gasteiger partial charge in [-0.1, -0.05) is 36.9 Å². The minimum atomic E-state index is -0.148. The zero-order valence-corrected chi connectivity index (χ0v) is 12.7. The number of benzene rings is 1. The highest BCUT2D eigenvalue weighted by Gasteiger charge is 2.23. The second-order valence-electron chi connectivity index (χ2n) is 5.25. The molecule has 1 aliphatic carbocycles. The van der Waals surface area contributed by atoms with Gasteiger partial charge < -0.3 is 5.32 Å². The summed E-state index contributed by atoms with van der Waals surface area (Å²) in [5, 5.41) is 3.78. The number of nitrogens with zero attached hydrogens (tertiary/aromatic N) is 1.